The Kier molecular flexibility index (Phi) is 6.07. The number of hydrogen-bond acceptors (Lipinski definition) is 6. The fourth-order valence-electron chi connectivity index (χ4n) is 3.13. The number of hydrogen-bond donors (Lipinski definition) is 1. The quantitative estimate of drug-likeness (QED) is 0.570. The molecule has 0 unspecified atom stereocenters. The van der Waals surface area contributed by atoms with E-state index in [1.165, 1.54) is 13.3 Å². The lowest BCUT2D eigenvalue weighted by molar-refractivity contribution is 0.401. The van der Waals surface area contributed by atoms with Gasteiger partial charge in [0.1, 0.15) is 16.3 Å². The molecule has 31 heavy (non-hydrogen) atoms. The van der Waals surface area contributed by atoms with E-state index < -0.39 is 24.6 Å². The Morgan fingerprint density at radius 1 is 1.13 bits per heavy atom. The molecule has 0 saturated heterocycles. The number of anilines is 1. The van der Waals surface area contributed by atoms with Gasteiger partial charge in [0.05, 0.1) is 29.5 Å². The Bertz CT molecular complexity index is 1320. The second-order valence-corrected chi connectivity index (χ2v) is 12.7. The zero-order valence-corrected chi connectivity index (χ0v) is 19.8. The highest BCUT2D eigenvalue weighted by atomic mass is 32.2. The van der Waals surface area contributed by atoms with Gasteiger partial charge in [-0.05, 0) is 39.3 Å². The molecule has 0 aliphatic heterocycles. The molecule has 2 heterocycles. The van der Waals surface area contributed by atoms with E-state index in [2.05, 4.69) is 9.71 Å². The van der Waals surface area contributed by atoms with Crippen LogP contribution in [0.15, 0.2) is 47.6 Å². The van der Waals surface area contributed by atoms with E-state index in [4.69, 9.17) is 4.74 Å². The summed E-state index contributed by atoms with van der Waals surface area (Å²) in [5.41, 5.74) is 2.25. The molecule has 0 atom stereocenters. The van der Waals surface area contributed by atoms with Crippen LogP contribution in [-0.2, 0) is 19.9 Å². The third kappa shape index (κ3) is 4.54. The van der Waals surface area contributed by atoms with Gasteiger partial charge >= 0.3 is 0 Å². The average Bonchev–Trinajstić information content (AvgIpc) is 3.08. The second kappa shape index (κ2) is 8.16. The first-order valence-electron chi connectivity index (χ1n) is 9.80. The van der Waals surface area contributed by atoms with Crippen LogP contribution in [0.1, 0.15) is 34.1 Å². The standard InChI is InChI=1S/C21H27N3O5S2/c1-6-10-30(25,26)23-16-9-7-8-15(11-16)17-13-22-20-12-18(29-5)19(14-24(17)20)31(27,28)21(2,3)4/h7-9,11-14,23H,6,10H2,1-5H3. The molecule has 168 valence electrons. The highest BCUT2D eigenvalue weighted by Crippen LogP contribution is 2.34. The summed E-state index contributed by atoms with van der Waals surface area (Å²) >= 11 is 0. The molecule has 0 saturated carbocycles. The molecule has 0 aliphatic carbocycles. The van der Waals surface area contributed by atoms with E-state index in [-0.39, 0.29) is 16.4 Å². The molecule has 1 aromatic carbocycles. The molecule has 0 fully saturated rings. The fourth-order valence-corrected chi connectivity index (χ4v) is 5.57. The minimum Gasteiger partial charge on any atom is -0.495 e. The monoisotopic (exact) mass is 465 g/mol. The molecule has 10 heteroatoms. The molecule has 3 aromatic rings. The molecular formula is C21H27N3O5S2. The van der Waals surface area contributed by atoms with Crippen molar-refractivity contribution < 1.29 is 21.6 Å². The average molecular weight is 466 g/mol. The normalized spacial score (nSPS) is 12.8. The first-order chi connectivity index (χ1) is 14.4. The molecule has 1 N–H and O–H groups in total. The van der Waals surface area contributed by atoms with Gasteiger partial charge in [-0.15, -0.1) is 0 Å². The Morgan fingerprint density at radius 2 is 1.84 bits per heavy atom. The highest BCUT2D eigenvalue weighted by Gasteiger charge is 2.34. The summed E-state index contributed by atoms with van der Waals surface area (Å²) < 4.78 is 59.1. The van der Waals surface area contributed by atoms with Gasteiger partial charge < -0.3 is 4.74 Å². The van der Waals surface area contributed by atoms with Crippen LogP contribution < -0.4 is 9.46 Å². The Labute approximate surface area is 183 Å². The molecule has 0 amide bonds. The van der Waals surface area contributed by atoms with Gasteiger partial charge in [0, 0.05) is 23.5 Å². The summed E-state index contributed by atoms with van der Waals surface area (Å²) in [7, 11) is -5.70. The Hall–Kier alpha value is -2.59. The summed E-state index contributed by atoms with van der Waals surface area (Å²) in [6.07, 6.45) is 3.63. The fraction of sp³-hybridized carbons (Fsp3) is 0.381. The van der Waals surface area contributed by atoms with E-state index in [1.54, 1.807) is 62.6 Å². The third-order valence-corrected chi connectivity index (χ3v) is 8.79. The van der Waals surface area contributed by atoms with Crippen molar-refractivity contribution >= 4 is 31.2 Å². The van der Waals surface area contributed by atoms with Crippen molar-refractivity contribution in [3.63, 3.8) is 0 Å². The molecule has 8 nitrogen and oxygen atoms in total. The van der Waals surface area contributed by atoms with Crippen molar-refractivity contribution in [3.8, 4) is 17.0 Å². The number of methoxy groups -OCH3 is 1. The number of nitrogens with zero attached hydrogens (tertiary/aromatic N) is 2. The van der Waals surface area contributed by atoms with Crippen LogP contribution in [0.5, 0.6) is 5.75 Å². The molecule has 0 radical (unpaired) electrons. The second-order valence-electron chi connectivity index (χ2n) is 8.20. The van der Waals surface area contributed by atoms with Crippen LogP contribution in [0.4, 0.5) is 5.69 Å². The number of sulfone groups is 1. The van der Waals surface area contributed by atoms with E-state index in [0.29, 0.717) is 29.0 Å². The first-order valence-corrected chi connectivity index (χ1v) is 12.9. The number of ether oxygens (including phenoxy) is 1. The predicted molar refractivity (Wildman–Crippen MR) is 122 cm³/mol. The molecule has 0 spiro atoms. The first kappa shape index (κ1) is 23.1. The highest BCUT2D eigenvalue weighted by molar-refractivity contribution is 7.93. The van der Waals surface area contributed by atoms with Crippen molar-refractivity contribution in [1.82, 2.24) is 9.38 Å². The van der Waals surface area contributed by atoms with Crippen LogP contribution in [0.2, 0.25) is 0 Å². The van der Waals surface area contributed by atoms with Crippen molar-refractivity contribution in [2.75, 3.05) is 17.6 Å². The van der Waals surface area contributed by atoms with E-state index in [9.17, 15) is 16.8 Å². The third-order valence-electron chi connectivity index (χ3n) is 4.80. The van der Waals surface area contributed by atoms with Crippen molar-refractivity contribution in [3.05, 3.63) is 42.7 Å². The predicted octanol–water partition coefficient (Wildman–Crippen LogP) is 3.73. The van der Waals surface area contributed by atoms with Crippen molar-refractivity contribution in [1.29, 1.82) is 0 Å². The lowest BCUT2D eigenvalue weighted by Crippen LogP contribution is -2.28. The van der Waals surface area contributed by atoms with Crippen LogP contribution in [-0.4, -0.2) is 43.8 Å². The smallest absolute Gasteiger partial charge is 0.232 e. The number of rotatable bonds is 7. The molecule has 0 bridgehead atoms. The summed E-state index contributed by atoms with van der Waals surface area (Å²) in [5.74, 6) is 0.251. The Morgan fingerprint density at radius 3 is 2.45 bits per heavy atom. The lowest BCUT2D eigenvalue weighted by atomic mass is 10.1. The minimum atomic E-state index is -3.69. The maximum absolute atomic E-state index is 13.1. The molecule has 2 aromatic heterocycles. The van der Waals surface area contributed by atoms with E-state index in [1.807, 2.05) is 6.07 Å². The number of fused-ring (bicyclic) bond motifs is 1. The number of pyridine rings is 1. The lowest BCUT2D eigenvalue weighted by Gasteiger charge is -2.21. The summed E-state index contributed by atoms with van der Waals surface area (Å²) in [6.45, 7) is 6.69. The van der Waals surface area contributed by atoms with Gasteiger partial charge in [-0.1, -0.05) is 19.1 Å². The zero-order chi connectivity index (χ0) is 23.0. The minimum absolute atomic E-state index is 0.0284. The zero-order valence-electron chi connectivity index (χ0n) is 18.2. The maximum atomic E-state index is 13.1. The van der Waals surface area contributed by atoms with Crippen LogP contribution in [0.25, 0.3) is 16.9 Å². The molecular weight excluding hydrogens is 438 g/mol. The number of sulfonamides is 1. The van der Waals surface area contributed by atoms with Crippen molar-refractivity contribution in [2.45, 2.75) is 43.8 Å². The number of nitrogens with one attached hydrogen (secondary N) is 1. The molecule has 3 rings (SSSR count). The maximum Gasteiger partial charge on any atom is 0.232 e. The molecule has 0 aliphatic rings. The number of benzene rings is 1. The topological polar surface area (TPSA) is 107 Å². The Balaban J connectivity index is 2.15. The number of aromatic nitrogens is 2. The van der Waals surface area contributed by atoms with Crippen LogP contribution in [0.3, 0.4) is 0 Å². The van der Waals surface area contributed by atoms with Gasteiger partial charge in [0.25, 0.3) is 0 Å². The largest absolute Gasteiger partial charge is 0.495 e. The van der Waals surface area contributed by atoms with Crippen LogP contribution in [0, 0.1) is 0 Å². The van der Waals surface area contributed by atoms with Gasteiger partial charge in [0.2, 0.25) is 10.0 Å². The SMILES string of the molecule is CCCS(=O)(=O)Nc1cccc(-c2cnc3cc(OC)c(S(=O)(=O)C(C)(C)C)cn23)c1. The van der Waals surface area contributed by atoms with Crippen LogP contribution >= 0.6 is 0 Å². The van der Waals surface area contributed by atoms with Gasteiger partial charge in [-0.25, -0.2) is 21.8 Å². The van der Waals surface area contributed by atoms with Gasteiger partial charge in [0.15, 0.2) is 9.84 Å². The van der Waals surface area contributed by atoms with E-state index in [0.717, 1.165) is 0 Å². The van der Waals surface area contributed by atoms with Crippen molar-refractivity contribution in [2.24, 2.45) is 0 Å². The summed E-state index contributed by atoms with van der Waals surface area (Å²) in [6, 6.07) is 8.48. The number of imidazole rings is 1. The summed E-state index contributed by atoms with van der Waals surface area (Å²) in [4.78, 5) is 4.44. The van der Waals surface area contributed by atoms with Gasteiger partial charge in [-0.2, -0.15) is 0 Å². The van der Waals surface area contributed by atoms with Gasteiger partial charge in [-0.3, -0.25) is 9.12 Å². The summed E-state index contributed by atoms with van der Waals surface area (Å²) in [5, 5.41) is 0. The van der Waals surface area contributed by atoms with E-state index >= 15 is 0 Å².